The van der Waals surface area contributed by atoms with Gasteiger partial charge in [-0.25, -0.2) is 0 Å². The van der Waals surface area contributed by atoms with Crippen molar-refractivity contribution in [3.8, 4) is 0 Å². The summed E-state index contributed by atoms with van der Waals surface area (Å²) in [4.78, 5) is 0. The molecule has 0 rings (SSSR count). The van der Waals surface area contributed by atoms with Gasteiger partial charge in [0.1, 0.15) is 0 Å². The summed E-state index contributed by atoms with van der Waals surface area (Å²) < 4.78 is 1.21. The lowest BCUT2D eigenvalue weighted by molar-refractivity contribution is -0.890. The molecule has 0 fully saturated rings. The summed E-state index contributed by atoms with van der Waals surface area (Å²) in [6.07, 6.45) is 17.1. The summed E-state index contributed by atoms with van der Waals surface area (Å²) >= 11 is 3.52. The molecule has 20 heavy (non-hydrogen) atoms. The van der Waals surface area contributed by atoms with Crippen LogP contribution in [0.2, 0.25) is 0 Å². The minimum Gasteiger partial charge on any atom is -0.328 e. The average molecular weight is 349 g/mol. The first-order chi connectivity index (χ1) is 9.62. The van der Waals surface area contributed by atoms with Gasteiger partial charge >= 0.3 is 0 Å². The van der Waals surface area contributed by atoms with Crippen molar-refractivity contribution in [2.24, 2.45) is 0 Å². The van der Waals surface area contributed by atoms with Crippen LogP contribution in [0.25, 0.3) is 0 Å². The van der Waals surface area contributed by atoms with Gasteiger partial charge in [0, 0.05) is 5.33 Å². The Morgan fingerprint density at radius 2 is 1.00 bits per heavy atom. The molecule has 0 amide bonds. The van der Waals surface area contributed by atoms with Crippen molar-refractivity contribution in [2.75, 3.05) is 32.5 Å². The Balaban J connectivity index is 3.25. The van der Waals surface area contributed by atoms with Gasteiger partial charge in [-0.15, -0.1) is 0 Å². The monoisotopic (exact) mass is 348 g/mol. The number of alkyl halides is 1. The summed E-state index contributed by atoms with van der Waals surface area (Å²) in [6, 6.07) is 0. The highest BCUT2D eigenvalue weighted by Gasteiger charge is 2.13. The number of hydrogen-bond donors (Lipinski definition) is 0. The van der Waals surface area contributed by atoms with E-state index in [1.54, 1.807) is 0 Å². The summed E-state index contributed by atoms with van der Waals surface area (Å²) in [5.41, 5.74) is 0. The van der Waals surface area contributed by atoms with Crippen molar-refractivity contribution in [3.63, 3.8) is 0 Å². The number of hydrogen-bond acceptors (Lipinski definition) is 0. The number of quaternary nitrogens is 1. The van der Waals surface area contributed by atoms with Crippen LogP contribution in [-0.2, 0) is 0 Å². The van der Waals surface area contributed by atoms with Gasteiger partial charge < -0.3 is 4.48 Å². The van der Waals surface area contributed by atoms with Crippen LogP contribution in [0.5, 0.6) is 0 Å². The maximum absolute atomic E-state index is 3.52. The topological polar surface area (TPSA) is 0 Å². The standard InChI is InChI=1S/C18H39BrN/c1-4-5-6-7-8-9-10-11-12-14-17-20(2,3)18-15-13-16-19/h4-18H2,1-3H3/q+1. The van der Waals surface area contributed by atoms with Gasteiger partial charge in [-0.3, -0.25) is 0 Å². The van der Waals surface area contributed by atoms with Crippen LogP contribution in [0.3, 0.4) is 0 Å². The first-order valence-electron chi connectivity index (χ1n) is 9.00. The zero-order valence-electron chi connectivity index (χ0n) is 14.4. The van der Waals surface area contributed by atoms with Gasteiger partial charge in [-0.2, -0.15) is 0 Å². The molecule has 0 aromatic carbocycles. The maximum atomic E-state index is 3.52. The summed E-state index contributed by atoms with van der Waals surface area (Å²) in [5.74, 6) is 0. The van der Waals surface area contributed by atoms with E-state index in [1.165, 1.54) is 94.6 Å². The van der Waals surface area contributed by atoms with Crippen LogP contribution in [0.1, 0.15) is 84.0 Å². The predicted molar refractivity (Wildman–Crippen MR) is 96.7 cm³/mol. The number of unbranched alkanes of at least 4 members (excludes halogenated alkanes) is 10. The smallest absolute Gasteiger partial charge is 0.0782 e. The first-order valence-corrected chi connectivity index (χ1v) is 10.1. The molecular weight excluding hydrogens is 310 g/mol. The Bertz CT molecular complexity index is 192. The summed E-state index contributed by atoms with van der Waals surface area (Å²) in [6.45, 7) is 4.99. The zero-order chi connectivity index (χ0) is 15.1. The maximum Gasteiger partial charge on any atom is 0.0782 e. The van der Waals surface area contributed by atoms with Crippen LogP contribution < -0.4 is 0 Å². The third-order valence-electron chi connectivity index (χ3n) is 4.26. The molecule has 0 atom stereocenters. The van der Waals surface area contributed by atoms with E-state index < -0.39 is 0 Å². The van der Waals surface area contributed by atoms with Crippen molar-refractivity contribution in [3.05, 3.63) is 0 Å². The predicted octanol–water partition coefficient (Wildman–Crippen LogP) is 6.16. The zero-order valence-corrected chi connectivity index (χ0v) is 16.0. The van der Waals surface area contributed by atoms with Gasteiger partial charge in [-0.05, 0) is 25.7 Å². The summed E-state index contributed by atoms with van der Waals surface area (Å²) in [5, 5.41) is 1.16. The average Bonchev–Trinajstić information content (AvgIpc) is 2.41. The van der Waals surface area contributed by atoms with E-state index in [-0.39, 0.29) is 0 Å². The van der Waals surface area contributed by atoms with E-state index in [1.807, 2.05) is 0 Å². The molecule has 0 spiro atoms. The van der Waals surface area contributed by atoms with Gasteiger partial charge in [0.05, 0.1) is 27.2 Å². The molecule has 0 saturated heterocycles. The van der Waals surface area contributed by atoms with Crippen molar-refractivity contribution in [1.29, 1.82) is 0 Å². The number of nitrogens with zero attached hydrogens (tertiary/aromatic N) is 1. The number of rotatable bonds is 15. The highest BCUT2D eigenvalue weighted by molar-refractivity contribution is 9.09. The van der Waals surface area contributed by atoms with E-state index in [0.29, 0.717) is 0 Å². The second kappa shape index (κ2) is 14.4. The van der Waals surface area contributed by atoms with Crippen LogP contribution in [0.15, 0.2) is 0 Å². The van der Waals surface area contributed by atoms with E-state index in [4.69, 9.17) is 0 Å². The third-order valence-corrected chi connectivity index (χ3v) is 4.82. The molecule has 0 heterocycles. The third kappa shape index (κ3) is 14.8. The molecule has 0 N–H and O–H groups in total. The fourth-order valence-electron chi connectivity index (χ4n) is 2.77. The molecule has 0 unspecified atom stereocenters. The summed E-state index contributed by atoms with van der Waals surface area (Å²) in [7, 11) is 4.78. The molecule has 2 heteroatoms. The Labute approximate surface area is 137 Å². The lowest BCUT2D eigenvalue weighted by atomic mass is 10.1. The van der Waals surface area contributed by atoms with Gasteiger partial charge in [0.2, 0.25) is 0 Å². The minimum absolute atomic E-state index is 1.16. The number of halogens is 1. The van der Waals surface area contributed by atoms with Gasteiger partial charge in [-0.1, -0.05) is 74.2 Å². The molecule has 0 aliphatic heterocycles. The van der Waals surface area contributed by atoms with E-state index in [9.17, 15) is 0 Å². The lowest BCUT2D eigenvalue weighted by Crippen LogP contribution is -2.41. The molecule has 0 aromatic heterocycles. The van der Waals surface area contributed by atoms with E-state index in [2.05, 4.69) is 36.9 Å². The molecular formula is C18H39BrN+. The normalized spacial score (nSPS) is 12.0. The molecule has 0 bridgehead atoms. The van der Waals surface area contributed by atoms with E-state index in [0.717, 1.165) is 5.33 Å². The van der Waals surface area contributed by atoms with Crippen molar-refractivity contribution in [2.45, 2.75) is 84.0 Å². The fourth-order valence-corrected chi connectivity index (χ4v) is 3.17. The molecule has 0 aromatic rings. The van der Waals surface area contributed by atoms with Crippen molar-refractivity contribution in [1.82, 2.24) is 0 Å². The van der Waals surface area contributed by atoms with Gasteiger partial charge in [0.15, 0.2) is 0 Å². The second-order valence-electron chi connectivity index (χ2n) is 6.96. The minimum atomic E-state index is 1.16. The highest BCUT2D eigenvalue weighted by atomic mass is 79.9. The fraction of sp³-hybridized carbons (Fsp3) is 1.00. The van der Waals surface area contributed by atoms with Crippen LogP contribution in [0.4, 0.5) is 0 Å². The Morgan fingerprint density at radius 3 is 1.45 bits per heavy atom. The Kier molecular flexibility index (Phi) is 14.7. The highest BCUT2D eigenvalue weighted by Crippen LogP contribution is 2.12. The van der Waals surface area contributed by atoms with Crippen LogP contribution in [-0.4, -0.2) is 37.0 Å². The van der Waals surface area contributed by atoms with Crippen LogP contribution in [0, 0.1) is 0 Å². The van der Waals surface area contributed by atoms with Crippen LogP contribution >= 0.6 is 15.9 Å². The Hall–Kier alpha value is 0.440. The van der Waals surface area contributed by atoms with Crippen molar-refractivity contribution < 1.29 is 4.48 Å². The quantitative estimate of drug-likeness (QED) is 0.189. The molecule has 122 valence electrons. The molecule has 0 saturated carbocycles. The second-order valence-corrected chi connectivity index (χ2v) is 7.75. The largest absolute Gasteiger partial charge is 0.328 e. The SMILES string of the molecule is CCCCCCCCCCCC[N+](C)(C)CCCCBr. The molecule has 1 nitrogen and oxygen atoms in total. The van der Waals surface area contributed by atoms with Crippen molar-refractivity contribution >= 4 is 15.9 Å². The molecule has 0 aliphatic rings. The molecule has 0 radical (unpaired) electrons. The molecule has 0 aliphatic carbocycles. The lowest BCUT2D eigenvalue weighted by Gasteiger charge is -2.29. The Morgan fingerprint density at radius 1 is 0.600 bits per heavy atom. The van der Waals surface area contributed by atoms with Gasteiger partial charge in [0.25, 0.3) is 0 Å². The van der Waals surface area contributed by atoms with E-state index >= 15 is 0 Å². The first kappa shape index (κ1) is 20.4.